The van der Waals surface area contributed by atoms with E-state index in [4.69, 9.17) is 23.7 Å². The van der Waals surface area contributed by atoms with Crippen LogP contribution in [0.25, 0.3) is 0 Å². The van der Waals surface area contributed by atoms with Crippen LogP contribution in [0.2, 0.25) is 0 Å². The van der Waals surface area contributed by atoms with Gasteiger partial charge in [0.1, 0.15) is 17.3 Å². The number of hydrogen-bond donors (Lipinski definition) is 2. The number of carbonyl (C=O) groups excluding carboxylic acids is 4. The van der Waals surface area contributed by atoms with Crippen LogP contribution in [0, 0.1) is 40.4 Å². The summed E-state index contributed by atoms with van der Waals surface area (Å²) < 4.78 is 31.1. The molecule has 7 bridgehead atoms. The molecule has 6 unspecified atom stereocenters. The van der Waals surface area contributed by atoms with Crippen molar-refractivity contribution in [2.24, 2.45) is 40.4 Å². The van der Waals surface area contributed by atoms with Gasteiger partial charge in [-0.15, -0.1) is 0 Å². The molecule has 13 heteroatoms. The van der Waals surface area contributed by atoms with Crippen LogP contribution in [0.5, 0.6) is 0 Å². The summed E-state index contributed by atoms with van der Waals surface area (Å²) in [4.78, 5) is 55.9. The molecule has 13 nitrogen and oxygen atoms in total. The van der Waals surface area contributed by atoms with Crippen LogP contribution < -0.4 is 4.90 Å². The van der Waals surface area contributed by atoms with Gasteiger partial charge in [0.15, 0.2) is 0 Å². The highest BCUT2D eigenvalue weighted by atomic mass is 16.6. The zero-order chi connectivity index (χ0) is 36.4. The normalized spacial score (nSPS) is 46.4. The van der Waals surface area contributed by atoms with E-state index in [1.165, 1.54) is 6.92 Å². The number of rotatable bonds is 9. The van der Waals surface area contributed by atoms with Gasteiger partial charge >= 0.3 is 11.9 Å². The summed E-state index contributed by atoms with van der Waals surface area (Å²) in [6.45, 7) is 6.10. The summed E-state index contributed by atoms with van der Waals surface area (Å²) >= 11 is 0. The van der Waals surface area contributed by atoms with Crippen LogP contribution >= 0.6 is 0 Å². The third kappa shape index (κ3) is 4.19. The molecule has 0 radical (unpaired) electrons. The van der Waals surface area contributed by atoms with Gasteiger partial charge in [0.05, 0.1) is 42.2 Å². The van der Waals surface area contributed by atoms with E-state index in [0.29, 0.717) is 32.4 Å². The number of nitrogens with zero attached hydrogens (tertiary/aromatic N) is 2. The average molecular weight is 711 g/mol. The van der Waals surface area contributed by atoms with Gasteiger partial charge in [0, 0.05) is 82.1 Å². The molecule has 278 valence electrons. The summed E-state index contributed by atoms with van der Waals surface area (Å²) in [5, 5.41) is 26.7. The SMILES string of the molecule is CCN1C[C@]2(COC(=O)c3ccccc3N3C(=O)C[C@H](C)C3=O)CCC(OC)C34C5C[C@@H]6[C@@H](OC)C[C@@](O)(C5[C@H]6OC(C)=O)C(O)([C@@H](OC)C32)[C@@H]14. The molecule has 7 aliphatic rings. The number of para-hydroxylation sites is 1. The van der Waals surface area contributed by atoms with Crippen molar-refractivity contribution in [3.8, 4) is 0 Å². The van der Waals surface area contributed by atoms with Crippen molar-refractivity contribution < 1.29 is 53.1 Å². The van der Waals surface area contributed by atoms with Gasteiger partial charge in [0.2, 0.25) is 11.8 Å². The molecule has 5 saturated carbocycles. The first-order valence-corrected chi connectivity index (χ1v) is 18.4. The highest BCUT2D eigenvalue weighted by Gasteiger charge is 2.92. The van der Waals surface area contributed by atoms with Gasteiger partial charge in [-0.25, -0.2) is 9.69 Å². The fourth-order valence-corrected chi connectivity index (χ4v) is 13.2. The Labute approximate surface area is 297 Å². The number of carbonyl (C=O) groups is 4. The average Bonchev–Trinajstić information content (AvgIpc) is 3.61. The number of fused-ring (bicyclic) bond motifs is 2. The molecule has 2 amide bonds. The topological polar surface area (TPSA) is 161 Å². The van der Waals surface area contributed by atoms with Crippen molar-refractivity contribution in [2.45, 2.75) is 94.5 Å². The maximum Gasteiger partial charge on any atom is 0.340 e. The number of amides is 2. The van der Waals surface area contributed by atoms with E-state index in [0.717, 1.165) is 4.90 Å². The zero-order valence-corrected chi connectivity index (χ0v) is 30.2. The summed E-state index contributed by atoms with van der Waals surface area (Å²) in [6.07, 6.45) is -0.303. The number of anilines is 1. The number of hydrogen-bond acceptors (Lipinski definition) is 12. The molecule has 2 saturated heterocycles. The summed E-state index contributed by atoms with van der Waals surface area (Å²) in [7, 11) is 4.85. The van der Waals surface area contributed by atoms with Crippen molar-refractivity contribution in [3.63, 3.8) is 0 Å². The number of likely N-dealkylation sites (N-methyl/N-ethyl adjacent to an activating group) is 1. The van der Waals surface area contributed by atoms with Crippen molar-refractivity contribution in [1.29, 1.82) is 0 Å². The fraction of sp³-hybridized carbons (Fsp3) is 0.737. The summed E-state index contributed by atoms with van der Waals surface area (Å²) in [5.41, 5.74) is -4.72. The molecule has 7 fully saturated rings. The monoisotopic (exact) mass is 710 g/mol. The van der Waals surface area contributed by atoms with E-state index in [1.54, 1.807) is 52.5 Å². The van der Waals surface area contributed by atoms with E-state index < -0.39 is 76.1 Å². The Balaban J connectivity index is 1.24. The number of piperidine rings is 1. The Morgan fingerprint density at radius 2 is 1.80 bits per heavy atom. The number of methoxy groups -OCH3 is 3. The van der Waals surface area contributed by atoms with Gasteiger partial charge in [0.25, 0.3) is 0 Å². The minimum Gasteiger partial charge on any atom is -0.462 e. The minimum atomic E-state index is -1.82. The van der Waals surface area contributed by atoms with E-state index in [9.17, 15) is 29.4 Å². The Hall–Kier alpha value is -2.94. The van der Waals surface area contributed by atoms with Crippen molar-refractivity contribution in [1.82, 2.24) is 4.90 Å². The van der Waals surface area contributed by atoms with Gasteiger partial charge in [-0.3, -0.25) is 19.3 Å². The Morgan fingerprint density at radius 3 is 2.43 bits per heavy atom. The lowest BCUT2D eigenvalue weighted by molar-refractivity contribution is -0.319. The number of esters is 2. The molecule has 2 N–H and O–H groups in total. The first-order valence-electron chi connectivity index (χ1n) is 18.4. The second kappa shape index (κ2) is 11.8. The van der Waals surface area contributed by atoms with Crippen molar-refractivity contribution in [3.05, 3.63) is 29.8 Å². The largest absolute Gasteiger partial charge is 0.462 e. The predicted molar refractivity (Wildman–Crippen MR) is 179 cm³/mol. The molecular weight excluding hydrogens is 660 g/mol. The molecule has 2 heterocycles. The van der Waals surface area contributed by atoms with Gasteiger partial charge in [-0.05, 0) is 43.9 Å². The quantitative estimate of drug-likeness (QED) is 0.284. The van der Waals surface area contributed by atoms with Crippen LogP contribution in [0.15, 0.2) is 24.3 Å². The smallest absolute Gasteiger partial charge is 0.340 e. The lowest BCUT2D eigenvalue weighted by Crippen LogP contribution is -2.82. The number of imide groups is 1. The molecular formula is C38H50N2O11. The maximum absolute atomic E-state index is 14.1. The number of benzene rings is 1. The van der Waals surface area contributed by atoms with Crippen LogP contribution in [0.1, 0.15) is 63.2 Å². The molecule has 1 aromatic carbocycles. The van der Waals surface area contributed by atoms with Gasteiger partial charge < -0.3 is 33.9 Å². The van der Waals surface area contributed by atoms with E-state index in [1.807, 2.05) is 6.92 Å². The highest BCUT2D eigenvalue weighted by Crippen LogP contribution is 2.80. The zero-order valence-electron chi connectivity index (χ0n) is 30.2. The molecule has 14 atom stereocenters. The first-order chi connectivity index (χ1) is 24.3. The number of likely N-dealkylation sites (tertiary alicyclic amines) is 1. The van der Waals surface area contributed by atoms with E-state index in [-0.39, 0.29) is 60.5 Å². The van der Waals surface area contributed by atoms with Crippen molar-refractivity contribution in [2.75, 3.05) is 45.9 Å². The van der Waals surface area contributed by atoms with Crippen molar-refractivity contribution >= 4 is 29.4 Å². The molecule has 51 heavy (non-hydrogen) atoms. The lowest BCUT2D eigenvalue weighted by Gasteiger charge is -2.70. The number of ether oxygens (including phenoxy) is 5. The molecule has 5 aliphatic carbocycles. The Morgan fingerprint density at radius 1 is 1.06 bits per heavy atom. The summed E-state index contributed by atoms with van der Waals surface area (Å²) in [6, 6.07) is 5.95. The van der Waals surface area contributed by atoms with Crippen LogP contribution in [-0.2, 0) is 38.1 Å². The fourth-order valence-electron chi connectivity index (χ4n) is 13.2. The maximum atomic E-state index is 14.1. The Kier molecular flexibility index (Phi) is 8.11. The van der Waals surface area contributed by atoms with E-state index >= 15 is 0 Å². The molecule has 1 spiro atoms. The second-order valence-electron chi connectivity index (χ2n) is 16.3. The number of aliphatic hydroxyl groups is 2. The molecule has 1 aromatic rings. The van der Waals surface area contributed by atoms with E-state index in [2.05, 4.69) is 4.90 Å². The van der Waals surface area contributed by atoms with Crippen LogP contribution in [0.3, 0.4) is 0 Å². The molecule has 0 aromatic heterocycles. The minimum absolute atomic E-state index is 0.0201. The van der Waals surface area contributed by atoms with Gasteiger partial charge in [-0.2, -0.15) is 0 Å². The molecule has 8 rings (SSSR count). The highest BCUT2D eigenvalue weighted by molar-refractivity contribution is 6.22. The third-order valence-corrected chi connectivity index (χ3v) is 14.6. The van der Waals surface area contributed by atoms with Crippen LogP contribution in [-0.4, -0.2) is 122 Å². The standard InChI is InChI=1S/C38H50N2O11/c1-7-39-17-35(18-50-33(44)21-10-8-9-11-24(21)40-27(42)14-19(2)32(40)43)13-12-26(48-5)37-23-15-22-25(47-4)16-36(45,28(23)29(22)51-20(3)41)38(46,34(37)39)31(49-6)30(35)37/h8-11,19,22-23,25-26,28-31,34,45-46H,7,12-18H2,1-6H3/t19-,22+,23?,25-,26?,28?,29-,30?,31-,34-,35-,36+,37?,38?/m0/s1. The van der Waals surface area contributed by atoms with Gasteiger partial charge in [-0.1, -0.05) is 26.0 Å². The molecule has 2 aliphatic heterocycles. The second-order valence-corrected chi connectivity index (χ2v) is 16.3. The lowest BCUT2D eigenvalue weighted by atomic mass is 9.42. The third-order valence-electron chi connectivity index (χ3n) is 14.6. The predicted octanol–water partition coefficient (Wildman–Crippen LogP) is 1.95. The van der Waals surface area contributed by atoms with Crippen LogP contribution in [0.4, 0.5) is 5.69 Å². The summed E-state index contributed by atoms with van der Waals surface area (Å²) in [5.74, 6) is -3.74. The first kappa shape index (κ1) is 35.1. The Bertz CT molecular complexity index is 1650.